The van der Waals surface area contributed by atoms with Crippen LogP contribution in [0.5, 0.6) is 5.75 Å². The number of methoxy groups -OCH3 is 1. The highest BCUT2D eigenvalue weighted by Gasteiger charge is 2.10. The smallest absolute Gasteiger partial charge is 0.234 e. The Kier molecular flexibility index (Phi) is 6.25. The van der Waals surface area contributed by atoms with Gasteiger partial charge >= 0.3 is 0 Å². The second-order valence-corrected chi connectivity index (χ2v) is 7.47. The van der Waals surface area contributed by atoms with Crippen molar-refractivity contribution in [3.8, 4) is 17.1 Å². The minimum atomic E-state index is -0.0551. The van der Waals surface area contributed by atoms with Crippen molar-refractivity contribution in [2.24, 2.45) is 0 Å². The first-order valence-electron chi connectivity index (χ1n) is 8.17. The lowest BCUT2D eigenvalue weighted by atomic mass is 10.1. The molecule has 0 bridgehead atoms. The van der Waals surface area contributed by atoms with Gasteiger partial charge in [0, 0.05) is 11.3 Å². The first kappa shape index (κ1) is 18.4. The maximum Gasteiger partial charge on any atom is 0.234 e. The first-order chi connectivity index (χ1) is 12.7. The summed E-state index contributed by atoms with van der Waals surface area (Å²) in [5.74, 6) is 1.70. The average Bonchev–Trinajstić information content (AvgIpc) is 3.16. The van der Waals surface area contributed by atoms with E-state index in [1.165, 1.54) is 28.9 Å². The van der Waals surface area contributed by atoms with Crippen LogP contribution in [0.3, 0.4) is 0 Å². The van der Waals surface area contributed by atoms with E-state index in [4.69, 9.17) is 4.74 Å². The zero-order chi connectivity index (χ0) is 18.4. The van der Waals surface area contributed by atoms with Gasteiger partial charge in [-0.1, -0.05) is 30.8 Å². The van der Waals surface area contributed by atoms with Crippen LogP contribution in [0.15, 0.2) is 52.9 Å². The van der Waals surface area contributed by atoms with E-state index in [9.17, 15) is 4.79 Å². The number of amides is 1. The lowest BCUT2D eigenvalue weighted by molar-refractivity contribution is -0.113. The molecule has 0 atom stereocenters. The van der Waals surface area contributed by atoms with Crippen molar-refractivity contribution in [3.05, 3.63) is 54.1 Å². The van der Waals surface area contributed by atoms with Crippen LogP contribution in [0, 0.1) is 0 Å². The summed E-state index contributed by atoms with van der Waals surface area (Å²) in [6, 6.07) is 15.5. The van der Waals surface area contributed by atoms with E-state index in [0.717, 1.165) is 27.8 Å². The van der Waals surface area contributed by atoms with Crippen molar-refractivity contribution < 1.29 is 9.53 Å². The van der Waals surface area contributed by atoms with Crippen LogP contribution in [0.1, 0.15) is 12.5 Å². The quantitative estimate of drug-likeness (QED) is 0.606. The molecular formula is C19H19N3O2S2. The molecule has 0 aliphatic heterocycles. The Morgan fingerprint density at radius 3 is 2.54 bits per heavy atom. The van der Waals surface area contributed by atoms with E-state index >= 15 is 0 Å². The predicted octanol–water partition coefficient (Wildman–Crippen LogP) is 4.51. The second-order valence-electron chi connectivity index (χ2n) is 5.50. The van der Waals surface area contributed by atoms with Gasteiger partial charge in [0.25, 0.3) is 0 Å². The van der Waals surface area contributed by atoms with Gasteiger partial charge in [0.15, 0.2) is 10.2 Å². The van der Waals surface area contributed by atoms with Crippen molar-refractivity contribution in [2.75, 3.05) is 18.2 Å². The van der Waals surface area contributed by atoms with Gasteiger partial charge in [-0.2, -0.15) is 4.37 Å². The molecule has 7 heteroatoms. The molecule has 26 heavy (non-hydrogen) atoms. The van der Waals surface area contributed by atoms with Crippen LogP contribution in [0.2, 0.25) is 0 Å². The Balaban J connectivity index is 1.54. The van der Waals surface area contributed by atoms with Gasteiger partial charge in [0.2, 0.25) is 5.91 Å². The third-order valence-electron chi connectivity index (χ3n) is 3.73. The summed E-state index contributed by atoms with van der Waals surface area (Å²) in [5, 5.41) is 2.90. The fraction of sp³-hybridized carbons (Fsp3) is 0.211. The molecule has 0 saturated carbocycles. The monoisotopic (exact) mass is 385 g/mol. The SMILES string of the molecule is CCc1ccc(NC(=O)CSc2nc(-c3ccc(OC)cc3)ns2)cc1. The van der Waals surface area contributed by atoms with Gasteiger partial charge < -0.3 is 10.1 Å². The number of thioether (sulfide) groups is 1. The van der Waals surface area contributed by atoms with E-state index in [1.54, 1.807) is 7.11 Å². The van der Waals surface area contributed by atoms with Gasteiger partial charge in [0.05, 0.1) is 12.9 Å². The molecule has 5 nitrogen and oxygen atoms in total. The highest BCUT2D eigenvalue weighted by atomic mass is 32.2. The molecule has 2 aromatic carbocycles. The minimum Gasteiger partial charge on any atom is -0.497 e. The maximum atomic E-state index is 12.1. The number of benzene rings is 2. The fourth-order valence-corrected chi connectivity index (χ4v) is 3.69. The minimum absolute atomic E-state index is 0.0551. The summed E-state index contributed by atoms with van der Waals surface area (Å²) in [6.45, 7) is 2.10. The molecule has 0 unspecified atom stereocenters. The summed E-state index contributed by atoms with van der Waals surface area (Å²) in [6.07, 6.45) is 0.984. The number of rotatable bonds is 7. The zero-order valence-corrected chi connectivity index (χ0v) is 16.2. The molecule has 0 spiro atoms. The number of nitrogens with one attached hydrogen (secondary N) is 1. The lowest BCUT2D eigenvalue weighted by Gasteiger charge is -2.05. The van der Waals surface area contributed by atoms with E-state index in [1.807, 2.05) is 48.5 Å². The number of aromatic nitrogens is 2. The van der Waals surface area contributed by atoms with Crippen LogP contribution in [0.4, 0.5) is 5.69 Å². The molecule has 0 saturated heterocycles. The topological polar surface area (TPSA) is 64.1 Å². The molecule has 134 valence electrons. The molecule has 1 aromatic heterocycles. The molecule has 0 aliphatic carbocycles. The summed E-state index contributed by atoms with van der Waals surface area (Å²) in [7, 11) is 1.63. The van der Waals surface area contributed by atoms with Crippen molar-refractivity contribution >= 4 is 34.9 Å². The Morgan fingerprint density at radius 1 is 1.15 bits per heavy atom. The zero-order valence-electron chi connectivity index (χ0n) is 14.6. The summed E-state index contributed by atoms with van der Waals surface area (Å²) >= 11 is 2.68. The molecule has 0 fully saturated rings. The summed E-state index contributed by atoms with van der Waals surface area (Å²) in [5.41, 5.74) is 2.98. The normalized spacial score (nSPS) is 10.5. The fourth-order valence-electron chi connectivity index (χ4n) is 2.27. The van der Waals surface area contributed by atoms with Gasteiger partial charge in [-0.15, -0.1) is 0 Å². The summed E-state index contributed by atoms with van der Waals surface area (Å²) < 4.78 is 10.3. The molecule has 1 amide bonds. The number of carbonyl (C=O) groups excluding carboxylic acids is 1. The number of nitrogens with zero attached hydrogens (tertiary/aromatic N) is 2. The molecule has 0 radical (unpaired) electrons. The highest BCUT2D eigenvalue weighted by molar-refractivity contribution is 8.01. The summed E-state index contributed by atoms with van der Waals surface area (Å²) in [4.78, 5) is 16.6. The first-order valence-corrected chi connectivity index (χ1v) is 9.93. The number of ether oxygens (including phenoxy) is 1. The van der Waals surface area contributed by atoms with Gasteiger partial charge in [0.1, 0.15) is 5.75 Å². The average molecular weight is 386 g/mol. The Hall–Kier alpha value is -2.38. The van der Waals surface area contributed by atoms with E-state index in [2.05, 4.69) is 21.6 Å². The van der Waals surface area contributed by atoms with Crippen LogP contribution in [-0.2, 0) is 11.2 Å². The van der Waals surface area contributed by atoms with E-state index < -0.39 is 0 Å². The van der Waals surface area contributed by atoms with E-state index in [0.29, 0.717) is 11.6 Å². The standard InChI is InChI=1S/C19H19N3O2S2/c1-3-13-4-8-15(9-5-13)20-17(23)12-25-19-21-18(22-26-19)14-6-10-16(24-2)11-7-14/h4-11H,3,12H2,1-2H3,(H,20,23). The van der Waals surface area contributed by atoms with Crippen molar-refractivity contribution in [2.45, 2.75) is 17.7 Å². The molecule has 3 aromatic rings. The Labute approximate surface area is 161 Å². The molecule has 1 heterocycles. The predicted molar refractivity (Wildman–Crippen MR) is 107 cm³/mol. The van der Waals surface area contributed by atoms with Crippen LogP contribution >= 0.6 is 23.3 Å². The Bertz CT molecular complexity index is 861. The molecular weight excluding hydrogens is 366 g/mol. The Morgan fingerprint density at radius 2 is 1.88 bits per heavy atom. The number of aryl methyl sites for hydroxylation is 1. The lowest BCUT2D eigenvalue weighted by Crippen LogP contribution is -2.13. The molecule has 0 aliphatic rings. The van der Waals surface area contributed by atoms with Crippen LogP contribution < -0.4 is 10.1 Å². The molecule has 3 rings (SSSR count). The number of carbonyl (C=O) groups is 1. The van der Waals surface area contributed by atoms with Crippen molar-refractivity contribution in [1.29, 1.82) is 0 Å². The largest absolute Gasteiger partial charge is 0.497 e. The third kappa shape index (κ3) is 4.83. The van der Waals surface area contributed by atoms with Crippen LogP contribution in [0.25, 0.3) is 11.4 Å². The van der Waals surface area contributed by atoms with Gasteiger partial charge in [-0.3, -0.25) is 4.79 Å². The number of hydrogen-bond acceptors (Lipinski definition) is 6. The van der Waals surface area contributed by atoms with Crippen molar-refractivity contribution in [3.63, 3.8) is 0 Å². The van der Waals surface area contributed by atoms with E-state index in [-0.39, 0.29) is 5.91 Å². The number of anilines is 1. The van der Waals surface area contributed by atoms with Crippen molar-refractivity contribution in [1.82, 2.24) is 9.36 Å². The third-order valence-corrected chi connectivity index (χ3v) is 5.56. The van der Waals surface area contributed by atoms with Crippen LogP contribution in [-0.4, -0.2) is 28.1 Å². The maximum absolute atomic E-state index is 12.1. The number of hydrogen-bond donors (Lipinski definition) is 1. The van der Waals surface area contributed by atoms with Gasteiger partial charge in [-0.25, -0.2) is 4.98 Å². The highest BCUT2D eigenvalue weighted by Crippen LogP contribution is 2.26. The molecule has 1 N–H and O–H groups in total. The van der Waals surface area contributed by atoms with Gasteiger partial charge in [-0.05, 0) is 59.9 Å². The second kappa shape index (κ2) is 8.82.